The first-order valence-corrected chi connectivity index (χ1v) is 20.4. The van der Waals surface area contributed by atoms with Crippen LogP contribution in [0.3, 0.4) is 0 Å². The fourth-order valence-corrected chi connectivity index (χ4v) is 7.48. The lowest BCUT2D eigenvalue weighted by atomic mass is 9.97. The van der Waals surface area contributed by atoms with Gasteiger partial charge in [-0.1, -0.05) is 31.9 Å². The number of carbonyl (C=O) groups is 2. The number of ether oxygens (including phenoxy) is 3. The van der Waals surface area contributed by atoms with Crippen LogP contribution in [0.5, 0.6) is 11.5 Å². The second-order valence-electron chi connectivity index (χ2n) is 14.0. The van der Waals surface area contributed by atoms with Crippen LogP contribution in [0, 0.1) is 57.9 Å². The Balaban J connectivity index is 0.000000215. The lowest BCUT2D eigenvalue weighted by Crippen LogP contribution is -2.21. The number of alkyl halides is 4. The lowest BCUT2D eigenvalue weighted by molar-refractivity contribution is -0.144. The number of benzene rings is 4. The summed E-state index contributed by atoms with van der Waals surface area (Å²) in [4.78, 5) is 38.4. The van der Waals surface area contributed by atoms with Crippen molar-refractivity contribution in [3.8, 4) is 45.5 Å². The van der Waals surface area contributed by atoms with Gasteiger partial charge in [0.05, 0.1) is 22.8 Å². The number of hydrogen-bond acceptors (Lipinski definition) is 9. The Morgan fingerprint density at radius 2 is 1.14 bits per heavy atom. The second kappa shape index (κ2) is 19.8. The predicted molar refractivity (Wildman–Crippen MR) is 226 cm³/mol. The molecule has 1 atom stereocenters. The molecule has 21 heteroatoms. The molecular formula is C44H33Br2F8N5O6. The second-order valence-corrected chi connectivity index (χ2v) is 15.9. The number of aromatic nitrogens is 5. The van der Waals surface area contributed by atoms with Crippen LogP contribution in [0.4, 0.5) is 35.1 Å². The van der Waals surface area contributed by atoms with E-state index in [2.05, 4.69) is 56.3 Å². The topological polar surface area (TPSA) is 124 Å². The van der Waals surface area contributed by atoms with Gasteiger partial charge in [0.25, 0.3) is 0 Å². The molecule has 0 aliphatic heterocycles. The predicted octanol–water partition coefficient (Wildman–Crippen LogP) is 12.4. The maximum Gasteiger partial charge on any atom is 0.387 e. The molecule has 0 aliphatic carbocycles. The maximum atomic E-state index is 14.4. The molecule has 0 N–H and O–H groups in total. The van der Waals surface area contributed by atoms with Gasteiger partial charge in [-0.25, -0.2) is 32.5 Å². The van der Waals surface area contributed by atoms with Crippen LogP contribution >= 0.6 is 31.9 Å². The smallest absolute Gasteiger partial charge is 0.387 e. The van der Waals surface area contributed by atoms with E-state index in [1.54, 1.807) is 49.7 Å². The minimum atomic E-state index is -3.46. The minimum absolute atomic E-state index is 0.0123. The van der Waals surface area contributed by atoms with Crippen molar-refractivity contribution in [3.63, 3.8) is 0 Å². The van der Waals surface area contributed by atoms with Gasteiger partial charge in [0.2, 0.25) is 5.78 Å². The van der Waals surface area contributed by atoms with E-state index in [4.69, 9.17) is 9.15 Å². The molecule has 11 nitrogen and oxygen atoms in total. The first kappa shape index (κ1) is 48.1. The first-order valence-electron chi connectivity index (χ1n) is 18.8. The number of ketones is 1. The van der Waals surface area contributed by atoms with Gasteiger partial charge >= 0.3 is 19.2 Å². The van der Waals surface area contributed by atoms with Crippen molar-refractivity contribution in [3.05, 3.63) is 145 Å². The van der Waals surface area contributed by atoms with E-state index >= 15 is 0 Å². The normalized spacial score (nSPS) is 11.7. The summed E-state index contributed by atoms with van der Waals surface area (Å²) in [6, 6.07) is 13.2. The molecule has 7 aromatic rings. The van der Waals surface area contributed by atoms with E-state index in [0.717, 1.165) is 40.7 Å². The number of oxazole rings is 1. The monoisotopic (exact) mass is 1040 g/mol. The number of hydrogen-bond donors (Lipinski definition) is 0. The number of esters is 1. The van der Waals surface area contributed by atoms with Crippen molar-refractivity contribution in [2.45, 2.75) is 60.9 Å². The molecule has 340 valence electrons. The number of carbonyl (C=O) groups excluding carboxylic acids is 2. The molecule has 0 fully saturated rings. The molecule has 0 amide bonds. The van der Waals surface area contributed by atoms with E-state index in [9.17, 15) is 44.7 Å². The summed E-state index contributed by atoms with van der Waals surface area (Å²) in [7, 11) is 0. The van der Waals surface area contributed by atoms with Gasteiger partial charge in [0, 0.05) is 57.4 Å². The summed E-state index contributed by atoms with van der Waals surface area (Å²) < 4.78 is 131. The summed E-state index contributed by atoms with van der Waals surface area (Å²) in [5.41, 5.74) is 3.20. The number of Topliss-reactive ketones (excluding diaryl/α,β-unsaturated/α-hetero) is 1. The largest absolute Gasteiger partial charge is 0.449 e. The van der Waals surface area contributed by atoms with Gasteiger partial charge < -0.3 is 27.8 Å². The highest BCUT2D eigenvalue weighted by molar-refractivity contribution is 9.10. The third-order valence-corrected chi connectivity index (χ3v) is 10.2. The molecule has 1 unspecified atom stereocenters. The first-order chi connectivity index (χ1) is 30.6. The maximum absolute atomic E-state index is 14.4. The van der Waals surface area contributed by atoms with Crippen molar-refractivity contribution in [2.75, 3.05) is 0 Å². The zero-order chi connectivity index (χ0) is 47.6. The highest BCUT2D eigenvalue weighted by Crippen LogP contribution is 2.40. The van der Waals surface area contributed by atoms with Crippen LogP contribution in [0.15, 0.2) is 86.4 Å². The van der Waals surface area contributed by atoms with Gasteiger partial charge in [-0.05, 0) is 88.4 Å². The Labute approximate surface area is 381 Å². The summed E-state index contributed by atoms with van der Waals surface area (Å²) in [5.74, 6) is -8.04. The van der Waals surface area contributed by atoms with Gasteiger partial charge in [-0.2, -0.15) is 17.6 Å². The van der Waals surface area contributed by atoms with Gasteiger partial charge in [-0.3, -0.25) is 9.59 Å². The zero-order valence-electron chi connectivity index (χ0n) is 34.6. The molecule has 7 rings (SSSR count). The molecule has 3 aromatic heterocycles. The lowest BCUT2D eigenvalue weighted by Gasteiger charge is -2.20. The molecule has 65 heavy (non-hydrogen) atoms. The fourth-order valence-electron chi connectivity index (χ4n) is 6.76. The number of rotatable bonds is 12. The molecule has 0 spiro atoms. The van der Waals surface area contributed by atoms with E-state index in [1.165, 1.54) is 6.07 Å². The number of nitrogens with zero attached hydrogens (tertiary/aromatic N) is 5. The van der Waals surface area contributed by atoms with Gasteiger partial charge in [0.15, 0.2) is 52.5 Å². The summed E-state index contributed by atoms with van der Waals surface area (Å²) in [6.45, 7) is 2.99. The summed E-state index contributed by atoms with van der Waals surface area (Å²) in [5, 5.41) is 0. The van der Waals surface area contributed by atoms with Crippen LogP contribution < -0.4 is 9.47 Å². The number of halogens is 10. The van der Waals surface area contributed by atoms with E-state index in [1.807, 2.05) is 36.7 Å². The third-order valence-electron chi connectivity index (χ3n) is 9.22. The molecule has 3 heterocycles. The van der Waals surface area contributed by atoms with Crippen molar-refractivity contribution in [1.82, 2.24) is 24.1 Å². The van der Waals surface area contributed by atoms with Crippen molar-refractivity contribution in [1.29, 1.82) is 0 Å². The third kappa shape index (κ3) is 11.0. The van der Waals surface area contributed by atoms with Crippen LogP contribution in [-0.2, 0) is 9.53 Å². The fraction of sp³-hybridized carbons (Fsp3) is 0.205. The molecule has 0 saturated heterocycles. The Bertz CT molecular complexity index is 2890. The molecule has 4 aromatic carbocycles. The Kier molecular flexibility index (Phi) is 14.7. The highest BCUT2D eigenvalue weighted by atomic mass is 79.9. The Morgan fingerprint density at radius 1 is 0.662 bits per heavy atom. The van der Waals surface area contributed by atoms with Crippen LogP contribution in [0.1, 0.15) is 57.9 Å². The average molecular weight is 1040 g/mol. The van der Waals surface area contributed by atoms with Gasteiger partial charge in [0.1, 0.15) is 17.3 Å². The zero-order valence-corrected chi connectivity index (χ0v) is 37.8. The van der Waals surface area contributed by atoms with Crippen molar-refractivity contribution >= 4 is 43.6 Å². The Hall–Kier alpha value is -6.35. The van der Waals surface area contributed by atoms with Crippen molar-refractivity contribution in [2.24, 2.45) is 0 Å². The van der Waals surface area contributed by atoms with Crippen LogP contribution in [0.25, 0.3) is 34.0 Å². The van der Waals surface area contributed by atoms with E-state index in [0.29, 0.717) is 45.1 Å². The van der Waals surface area contributed by atoms with E-state index < -0.39 is 71.4 Å². The standard InChI is InChI=1S/C22H16BrF4N3O2.C22H17BrF4N2O4/c1-10-9-30(11(2)28-10)18-5-4-14(23)8-15(18)19-20(31-12(3)29-19)13-6-16(24)21(17(25)7-13)32-22(26)27;1-10-9-29(11(2)28-10)18-5-4-14(23)8-15(18)19(31)20(32-12(3)30)13-6-16(24)21(17(25)7-13)33-22(26)27/h4-9,22H,1-3H3;4-9,20,22H,1-3H3. The van der Waals surface area contributed by atoms with E-state index in [-0.39, 0.29) is 22.8 Å². The molecular weight excluding hydrogens is 1010 g/mol. The van der Waals surface area contributed by atoms with Gasteiger partial charge in [-0.15, -0.1) is 0 Å². The molecule has 0 radical (unpaired) electrons. The molecule has 0 aliphatic rings. The van der Waals surface area contributed by atoms with Crippen LogP contribution in [-0.4, -0.2) is 49.1 Å². The highest BCUT2D eigenvalue weighted by Gasteiger charge is 2.31. The minimum Gasteiger partial charge on any atom is -0.449 e. The molecule has 0 bridgehead atoms. The summed E-state index contributed by atoms with van der Waals surface area (Å²) in [6.07, 6.45) is 1.78. The van der Waals surface area contributed by atoms with Crippen LogP contribution in [0.2, 0.25) is 0 Å². The average Bonchev–Trinajstić information content (AvgIpc) is 3.89. The Morgan fingerprint density at radius 3 is 1.62 bits per heavy atom. The SMILES string of the molecule is CC(=O)OC(C(=O)c1cc(Br)ccc1-n1cc(C)nc1C)c1cc(F)c(OC(F)F)c(F)c1.Cc1cn(-c2ccc(Br)cc2-c2nc(C)oc2-c2cc(F)c(OC(F)F)c(F)c2)c(C)n1. The summed E-state index contributed by atoms with van der Waals surface area (Å²) >= 11 is 6.72. The quantitative estimate of drug-likeness (QED) is 0.0668. The number of aryl methyl sites for hydroxylation is 5. The number of imidazole rings is 2. The molecule has 0 saturated carbocycles. The van der Waals surface area contributed by atoms with Crippen molar-refractivity contribution < 1.29 is 63.3 Å².